The summed E-state index contributed by atoms with van der Waals surface area (Å²) >= 11 is 0. The molecule has 1 aliphatic rings. The van der Waals surface area contributed by atoms with E-state index in [-0.39, 0.29) is 36.3 Å². The van der Waals surface area contributed by atoms with E-state index in [2.05, 4.69) is 15.5 Å². The third-order valence-corrected chi connectivity index (χ3v) is 5.49. The highest BCUT2D eigenvalue weighted by Crippen LogP contribution is 2.30. The highest BCUT2D eigenvalue weighted by molar-refractivity contribution is 5.82. The molecule has 0 aliphatic carbocycles. The molecule has 1 amide bonds. The predicted molar refractivity (Wildman–Crippen MR) is 107 cm³/mol. The molecule has 1 fully saturated rings. The van der Waals surface area contributed by atoms with Crippen LogP contribution in [0.1, 0.15) is 23.7 Å². The first-order valence-corrected chi connectivity index (χ1v) is 10.1. The molecule has 3 aromatic rings. The first-order chi connectivity index (χ1) is 15.7. The van der Waals surface area contributed by atoms with Crippen molar-refractivity contribution in [1.82, 2.24) is 20.4 Å². The van der Waals surface area contributed by atoms with Gasteiger partial charge < -0.3 is 9.84 Å². The molecule has 33 heavy (non-hydrogen) atoms. The van der Waals surface area contributed by atoms with Gasteiger partial charge in [0.15, 0.2) is 5.82 Å². The molecule has 174 valence electrons. The zero-order valence-electron chi connectivity index (χ0n) is 17.1. The quantitative estimate of drug-likeness (QED) is 0.575. The molecule has 1 N–H and O–H groups in total. The van der Waals surface area contributed by atoms with Crippen molar-refractivity contribution in [2.24, 2.45) is 0 Å². The van der Waals surface area contributed by atoms with E-state index >= 15 is 0 Å². The Morgan fingerprint density at radius 3 is 2.61 bits per heavy atom. The van der Waals surface area contributed by atoms with Gasteiger partial charge in [0, 0.05) is 24.6 Å². The van der Waals surface area contributed by atoms with Gasteiger partial charge in [-0.1, -0.05) is 35.5 Å². The Kier molecular flexibility index (Phi) is 6.41. The lowest BCUT2D eigenvalue weighted by molar-refractivity contribution is -0.174. The lowest BCUT2D eigenvalue weighted by Gasteiger charge is -2.38. The molecule has 2 aromatic carbocycles. The monoisotopic (exact) mass is 466 g/mol. The second kappa shape index (κ2) is 9.26. The molecule has 0 bridgehead atoms. The number of rotatable bonds is 5. The number of piperidine rings is 1. The predicted octanol–water partition coefficient (Wildman–Crippen LogP) is 4.05. The van der Waals surface area contributed by atoms with Gasteiger partial charge in [-0.15, -0.1) is 0 Å². The Balaban J connectivity index is 1.49. The number of hydrogen-bond acceptors (Lipinski definition) is 5. The lowest BCUT2D eigenvalue weighted by Crippen LogP contribution is -2.54. The van der Waals surface area contributed by atoms with Gasteiger partial charge in [0.1, 0.15) is 11.6 Å². The molecular weight excluding hydrogens is 447 g/mol. The minimum atomic E-state index is -4.99. The molecular formula is C22H19F5N4O2. The van der Waals surface area contributed by atoms with Crippen LogP contribution in [0.15, 0.2) is 53.1 Å². The van der Waals surface area contributed by atoms with Crippen LogP contribution in [-0.2, 0) is 11.3 Å². The molecule has 0 spiro atoms. The summed E-state index contributed by atoms with van der Waals surface area (Å²) in [5.41, 5.74) is 0.770. The van der Waals surface area contributed by atoms with Crippen molar-refractivity contribution in [2.45, 2.75) is 31.1 Å². The van der Waals surface area contributed by atoms with Gasteiger partial charge in [-0.3, -0.25) is 9.69 Å². The Labute approximate surface area is 185 Å². The average molecular weight is 466 g/mol. The minimum Gasteiger partial charge on any atom is -0.344 e. The summed E-state index contributed by atoms with van der Waals surface area (Å²) in [5.74, 6) is -3.85. The average Bonchev–Trinajstić information content (AvgIpc) is 3.22. The number of nitrogens with one attached hydrogen (secondary N) is 1. The number of alkyl halides is 3. The van der Waals surface area contributed by atoms with Crippen LogP contribution < -0.4 is 5.32 Å². The van der Waals surface area contributed by atoms with E-state index in [0.717, 1.165) is 11.6 Å². The number of carbonyl (C=O) groups excluding carboxylic acids is 1. The molecule has 1 saturated heterocycles. The highest BCUT2D eigenvalue weighted by Gasteiger charge is 2.42. The van der Waals surface area contributed by atoms with Gasteiger partial charge >= 0.3 is 12.1 Å². The van der Waals surface area contributed by atoms with E-state index in [4.69, 9.17) is 4.52 Å². The van der Waals surface area contributed by atoms with Crippen LogP contribution in [0.25, 0.3) is 11.5 Å². The van der Waals surface area contributed by atoms with E-state index in [1.165, 1.54) is 6.07 Å². The largest absolute Gasteiger partial charge is 0.471 e. The summed E-state index contributed by atoms with van der Waals surface area (Å²) in [6.07, 6.45) is -4.50. The van der Waals surface area contributed by atoms with Gasteiger partial charge in [0.25, 0.3) is 5.89 Å². The molecule has 6 nitrogen and oxygen atoms in total. The van der Waals surface area contributed by atoms with Crippen molar-refractivity contribution < 1.29 is 31.3 Å². The number of benzene rings is 2. The summed E-state index contributed by atoms with van der Waals surface area (Å²) in [6, 6.07) is 11.2. The molecule has 1 aromatic heterocycles. The maximum absolute atomic E-state index is 14.0. The fraction of sp³-hybridized carbons (Fsp3) is 0.318. The van der Waals surface area contributed by atoms with E-state index in [1.54, 1.807) is 23.1 Å². The number of amides is 1. The lowest BCUT2D eigenvalue weighted by atomic mass is 9.85. The van der Waals surface area contributed by atoms with Crippen molar-refractivity contribution >= 4 is 5.91 Å². The summed E-state index contributed by atoms with van der Waals surface area (Å²) < 4.78 is 70.8. The summed E-state index contributed by atoms with van der Waals surface area (Å²) in [6.45, 7) is 0.745. The van der Waals surface area contributed by atoms with E-state index in [0.29, 0.717) is 19.0 Å². The zero-order chi connectivity index (χ0) is 23.6. The van der Waals surface area contributed by atoms with E-state index in [1.807, 2.05) is 12.1 Å². The van der Waals surface area contributed by atoms with Gasteiger partial charge in [-0.25, -0.2) is 8.78 Å². The number of aromatic nitrogens is 2. The Bertz CT molecular complexity index is 1120. The topological polar surface area (TPSA) is 71.3 Å². The van der Waals surface area contributed by atoms with Gasteiger partial charge in [-0.2, -0.15) is 18.2 Å². The van der Waals surface area contributed by atoms with E-state index < -0.39 is 29.8 Å². The van der Waals surface area contributed by atoms with Crippen molar-refractivity contribution in [3.05, 3.63) is 71.6 Å². The zero-order valence-corrected chi connectivity index (χ0v) is 17.1. The van der Waals surface area contributed by atoms with Crippen molar-refractivity contribution in [2.75, 3.05) is 13.1 Å². The molecule has 4 rings (SSSR count). The smallest absolute Gasteiger partial charge is 0.344 e. The highest BCUT2D eigenvalue weighted by atomic mass is 19.4. The van der Waals surface area contributed by atoms with Crippen LogP contribution >= 0.6 is 0 Å². The molecule has 2 atom stereocenters. The first kappa shape index (κ1) is 22.8. The molecule has 2 heterocycles. The summed E-state index contributed by atoms with van der Waals surface area (Å²) in [7, 11) is 0. The number of hydrogen-bond donors (Lipinski definition) is 1. The summed E-state index contributed by atoms with van der Waals surface area (Å²) in [5, 5.41) is 5.91. The Morgan fingerprint density at radius 1 is 1.15 bits per heavy atom. The Hall–Kier alpha value is -3.34. The normalized spacial score (nSPS) is 19.4. The van der Waals surface area contributed by atoms with Gasteiger partial charge in [0.2, 0.25) is 0 Å². The van der Waals surface area contributed by atoms with Crippen molar-refractivity contribution in [3.63, 3.8) is 0 Å². The molecule has 0 unspecified atom stereocenters. The van der Waals surface area contributed by atoms with Crippen LogP contribution in [0.3, 0.4) is 0 Å². The first-order valence-electron chi connectivity index (χ1n) is 10.1. The number of nitrogens with zero attached hydrogens (tertiary/aromatic N) is 3. The third kappa shape index (κ3) is 5.36. The fourth-order valence-corrected chi connectivity index (χ4v) is 3.95. The standard InChI is InChI=1S/C22H19F5N4O2/c23-14-6-7-16(17(24)10-14)20-29-19(30-33-20)12-31-9-8-15(13-4-2-1-3-5-13)18(11-31)28-21(32)22(25,26)27/h1-7,10,15,18H,8-9,11-12H2,(H,28,32)/t15-,18-/m1/s1. The van der Waals surface area contributed by atoms with Crippen molar-refractivity contribution in [1.29, 1.82) is 0 Å². The second-order valence-electron chi connectivity index (χ2n) is 7.76. The molecule has 0 saturated carbocycles. The molecule has 11 heteroatoms. The van der Waals surface area contributed by atoms with Gasteiger partial charge in [-0.05, 0) is 30.7 Å². The van der Waals surface area contributed by atoms with Crippen LogP contribution in [0.5, 0.6) is 0 Å². The Morgan fingerprint density at radius 2 is 1.91 bits per heavy atom. The van der Waals surface area contributed by atoms with Crippen LogP contribution in [0.2, 0.25) is 0 Å². The summed E-state index contributed by atoms with van der Waals surface area (Å²) in [4.78, 5) is 17.5. The van der Waals surface area contributed by atoms with Crippen molar-refractivity contribution in [3.8, 4) is 11.5 Å². The van der Waals surface area contributed by atoms with Crippen LogP contribution in [0, 0.1) is 11.6 Å². The van der Waals surface area contributed by atoms with E-state index in [9.17, 15) is 26.7 Å². The minimum absolute atomic E-state index is 0.0618. The fourth-order valence-electron chi connectivity index (χ4n) is 3.95. The second-order valence-corrected chi connectivity index (χ2v) is 7.76. The number of likely N-dealkylation sites (tertiary alicyclic amines) is 1. The molecule has 0 radical (unpaired) electrons. The SMILES string of the molecule is O=C(N[C@@H]1CN(Cc2noc(-c3ccc(F)cc3F)n2)CC[C@@H]1c1ccccc1)C(F)(F)F. The third-order valence-electron chi connectivity index (χ3n) is 5.49. The number of halogens is 5. The maximum Gasteiger partial charge on any atom is 0.471 e. The number of carbonyl (C=O) groups is 1. The van der Waals surface area contributed by atoms with Crippen LogP contribution in [0.4, 0.5) is 22.0 Å². The molecule has 1 aliphatic heterocycles. The van der Waals surface area contributed by atoms with Crippen LogP contribution in [-0.4, -0.2) is 46.3 Å². The van der Waals surface area contributed by atoms with Gasteiger partial charge in [0.05, 0.1) is 12.1 Å². The maximum atomic E-state index is 14.0.